The predicted molar refractivity (Wildman–Crippen MR) is 92.5 cm³/mol. The van der Waals surface area contributed by atoms with Crippen LogP contribution in [0.15, 0.2) is 36.5 Å². The molecule has 130 valence electrons. The maximum absolute atomic E-state index is 11.9. The van der Waals surface area contributed by atoms with Crippen LogP contribution in [-0.4, -0.2) is 33.1 Å². The van der Waals surface area contributed by atoms with Crippen LogP contribution >= 0.6 is 0 Å². The third-order valence-corrected chi connectivity index (χ3v) is 3.49. The normalized spacial score (nSPS) is 12.7. The molecule has 24 heavy (non-hydrogen) atoms. The first-order chi connectivity index (χ1) is 11.3. The molecule has 0 aliphatic carbocycles. The summed E-state index contributed by atoms with van der Waals surface area (Å²) < 4.78 is 7.23. The van der Waals surface area contributed by atoms with Gasteiger partial charge in [0.2, 0.25) is 0 Å². The molecule has 1 atom stereocenters. The molecule has 0 fully saturated rings. The number of aliphatic hydroxyl groups is 1. The fourth-order valence-corrected chi connectivity index (χ4v) is 2.37. The third-order valence-electron chi connectivity index (χ3n) is 3.49. The van der Waals surface area contributed by atoms with E-state index in [9.17, 15) is 9.90 Å². The lowest BCUT2D eigenvalue weighted by atomic mass is 10.1. The van der Waals surface area contributed by atoms with Gasteiger partial charge in [0.15, 0.2) is 6.10 Å². The molecule has 0 saturated heterocycles. The number of rotatable bonds is 5. The lowest BCUT2D eigenvalue weighted by molar-refractivity contribution is 0.0530. The fourth-order valence-electron chi connectivity index (χ4n) is 2.37. The molecule has 2 N–H and O–H groups in total. The van der Waals surface area contributed by atoms with E-state index in [1.807, 2.05) is 62.7 Å². The first kappa shape index (κ1) is 18.0. The maximum atomic E-state index is 11.9. The number of hydrogen-bond donors (Lipinski definition) is 2. The Morgan fingerprint density at radius 3 is 2.50 bits per heavy atom. The Morgan fingerprint density at radius 1 is 1.29 bits per heavy atom. The number of hydrogen-bond acceptors (Lipinski definition) is 4. The maximum Gasteiger partial charge on any atom is 0.408 e. The molecule has 1 heterocycles. The van der Waals surface area contributed by atoms with Crippen LogP contribution in [0.3, 0.4) is 0 Å². The molecule has 0 unspecified atom stereocenters. The molecular formula is C18H25N3O3. The van der Waals surface area contributed by atoms with E-state index < -0.39 is 12.2 Å². The molecule has 6 nitrogen and oxygen atoms in total. The summed E-state index contributed by atoms with van der Waals surface area (Å²) in [6, 6.07) is 9.54. The van der Waals surface area contributed by atoms with Gasteiger partial charge in [-0.25, -0.2) is 4.79 Å². The first-order valence-electron chi connectivity index (χ1n) is 8.06. The van der Waals surface area contributed by atoms with Crippen molar-refractivity contribution < 1.29 is 14.6 Å². The molecule has 0 aliphatic rings. The molecule has 2 aromatic rings. The minimum absolute atomic E-state index is 0.274. The topological polar surface area (TPSA) is 76.4 Å². The molecular weight excluding hydrogens is 306 g/mol. The Labute approximate surface area is 142 Å². The summed E-state index contributed by atoms with van der Waals surface area (Å²) in [5, 5.41) is 16.5. The SMILES string of the molecule is CCn1nccc1-c1ccc([C@H](CO)OC(=O)NC(C)(C)C)cc1. The average molecular weight is 331 g/mol. The fraction of sp³-hybridized carbons (Fsp3) is 0.444. The van der Waals surface area contributed by atoms with Gasteiger partial charge in [-0.3, -0.25) is 4.68 Å². The number of aromatic nitrogens is 2. The number of nitrogens with one attached hydrogen (secondary N) is 1. The molecule has 0 aliphatic heterocycles. The molecule has 6 heteroatoms. The predicted octanol–water partition coefficient (Wildman–Crippen LogP) is 3.13. The smallest absolute Gasteiger partial charge is 0.408 e. The molecule has 0 spiro atoms. The van der Waals surface area contributed by atoms with Crippen LogP contribution in [-0.2, 0) is 11.3 Å². The van der Waals surface area contributed by atoms with Gasteiger partial charge in [-0.05, 0) is 44.9 Å². The molecule has 1 amide bonds. The van der Waals surface area contributed by atoms with E-state index >= 15 is 0 Å². The molecule has 0 radical (unpaired) electrons. The summed E-state index contributed by atoms with van der Waals surface area (Å²) in [6.07, 6.45) is 0.524. The van der Waals surface area contributed by atoms with Crippen molar-refractivity contribution in [3.63, 3.8) is 0 Å². The number of ether oxygens (including phenoxy) is 1. The van der Waals surface area contributed by atoms with Crippen molar-refractivity contribution in [3.8, 4) is 11.3 Å². The number of benzene rings is 1. The van der Waals surface area contributed by atoms with Gasteiger partial charge in [-0.15, -0.1) is 0 Å². The van der Waals surface area contributed by atoms with Gasteiger partial charge in [0, 0.05) is 18.3 Å². The number of carbonyl (C=O) groups excluding carboxylic acids is 1. The molecule has 0 saturated carbocycles. The Hall–Kier alpha value is -2.34. The second kappa shape index (κ2) is 7.49. The van der Waals surface area contributed by atoms with Crippen molar-refractivity contribution in [2.24, 2.45) is 0 Å². The minimum Gasteiger partial charge on any atom is -0.439 e. The second-order valence-electron chi connectivity index (χ2n) is 6.61. The van der Waals surface area contributed by atoms with Crippen molar-refractivity contribution in [2.45, 2.75) is 45.9 Å². The van der Waals surface area contributed by atoms with Gasteiger partial charge in [-0.2, -0.15) is 5.10 Å². The Kier molecular flexibility index (Phi) is 5.62. The van der Waals surface area contributed by atoms with Gasteiger partial charge in [-0.1, -0.05) is 24.3 Å². The van der Waals surface area contributed by atoms with Crippen molar-refractivity contribution in [2.75, 3.05) is 6.61 Å². The second-order valence-corrected chi connectivity index (χ2v) is 6.61. The van der Waals surface area contributed by atoms with E-state index in [0.29, 0.717) is 0 Å². The Bertz CT molecular complexity index is 672. The monoisotopic (exact) mass is 331 g/mol. The highest BCUT2D eigenvalue weighted by Gasteiger charge is 2.20. The van der Waals surface area contributed by atoms with Crippen LogP contribution in [0.1, 0.15) is 39.4 Å². The quantitative estimate of drug-likeness (QED) is 0.882. The number of aryl methyl sites for hydroxylation is 1. The van der Waals surface area contributed by atoms with Crippen molar-refractivity contribution >= 4 is 6.09 Å². The van der Waals surface area contributed by atoms with E-state index in [-0.39, 0.29) is 12.1 Å². The van der Waals surface area contributed by atoms with Crippen LogP contribution in [0.4, 0.5) is 4.79 Å². The largest absolute Gasteiger partial charge is 0.439 e. The molecule has 1 aromatic heterocycles. The van der Waals surface area contributed by atoms with Gasteiger partial charge in [0.25, 0.3) is 0 Å². The number of nitrogens with zero attached hydrogens (tertiary/aromatic N) is 2. The number of carbonyl (C=O) groups is 1. The average Bonchev–Trinajstić information content (AvgIpc) is 2.99. The highest BCUT2D eigenvalue weighted by Crippen LogP contribution is 2.23. The molecule has 0 bridgehead atoms. The zero-order valence-electron chi connectivity index (χ0n) is 14.6. The van der Waals surface area contributed by atoms with Gasteiger partial charge >= 0.3 is 6.09 Å². The van der Waals surface area contributed by atoms with Crippen molar-refractivity contribution in [3.05, 3.63) is 42.1 Å². The molecule has 2 rings (SSSR count). The summed E-state index contributed by atoms with van der Waals surface area (Å²) >= 11 is 0. The van der Waals surface area contributed by atoms with Crippen LogP contribution in [0.5, 0.6) is 0 Å². The Balaban J connectivity index is 2.12. The summed E-state index contributed by atoms with van der Waals surface area (Å²) in [5.41, 5.74) is 2.40. The van der Waals surface area contributed by atoms with Crippen LogP contribution in [0.2, 0.25) is 0 Å². The summed E-state index contributed by atoms with van der Waals surface area (Å²) in [7, 11) is 0. The standard InChI is InChI=1S/C18H25N3O3/c1-5-21-15(10-11-19-21)13-6-8-14(9-7-13)16(12-22)24-17(23)20-18(2,3)4/h6-11,16,22H,5,12H2,1-4H3,(H,20,23)/t16-/m0/s1. The van der Waals surface area contributed by atoms with Crippen molar-refractivity contribution in [1.82, 2.24) is 15.1 Å². The van der Waals surface area contributed by atoms with Gasteiger partial charge in [0.1, 0.15) is 0 Å². The highest BCUT2D eigenvalue weighted by molar-refractivity contribution is 5.68. The van der Waals surface area contributed by atoms with E-state index in [0.717, 1.165) is 23.4 Å². The van der Waals surface area contributed by atoms with E-state index in [1.54, 1.807) is 6.20 Å². The summed E-state index contributed by atoms with van der Waals surface area (Å²) in [5.74, 6) is 0. The lowest BCUT2D eigenvalue weighted by Gasteiger charge is -2.23. The zero-order valence-corrected chi connectivity index (χ0v) is 14.6. The van der Waals surface area contributed by atoms with E-state index in [2.05, 4.69) is 10.4 Å². The highest BCUT2D eigenvalue weighted by atomic mass is 16.6. The zero-order chi connectivity index (χ0) is 17.7. The van der Waals surface area contributed by atoms with Crippen LogP contribution in [0.25, 0.3) is 11.3 Å². The van der Waals surface area contributed by atoms with Crippen LogP contribution in [0, 0.1) is 0 Å². The first-order valence-corrected chi connectivity index (χ1v) is 8.06. The summed E-state index contributed by atoms with van der Waals surface area (Å²) in [6.45, 7) is 8.16. The number of aliphatic hydroxyl groups excluding tert-OH is 1. The number of amides is 1. The Morgan fingerprint density at radius 2 is 1.96 bits per heavy atom. The summed E-state index contributed by atoms with van der Waals surface area (Å²) in [4.78, 5) is 11.9. The molecule has 1 aromatic carbocycles. The van der Waals surface area contributed by atoms with Gasteiger partial charge in [0.05, 0.1) is 12.3 Å². The van der Waals surface area contributed by atoms with Crippen LogP contribution < -0.4 is 5.32 Å². The van der Waals surface area contributed by atoms with Gasteiger partial charge < -0.3 is 15.2 Å². The minimum atomic E-state index is -0.697. The van der Waals surface area contributed by atoms with E-state index in [1.165, 1.54) is 0 Å². The van der Waals surface area contributed by atoms with E-state index in [4.69, 9.17) is 4.74 Å². The lowest BCUT2D eigenvalue weighted by Crippen LogP contribution is -2.41. The third kappa shape index (κ3) is 4.58. The van der Waals surface area contributed by atoms with Crippen molar-refractivity contribution in [1.29, 1.82) is 0 Å². The number of alkyl carbamates (subject to hydrolysis) is 1.